The maximum atomic E-state index is 13.7. The Morgan fingerprint density at radius 3 is 3.00 bits per heavy atom. The van der Waals surface area contributed by atoms with Gasteiger partial charge in [-0.15, -0.1) is 11.8 Å². The summed E-state index contributed by atoms with van der Waals surface area (Å²) in [7, 11) is 0. The molecule has 0 aliphatic carbocycles. The van der Waals surface area contributed by atoms with Crippen molar-refractivity contribution in [2.75, 3.05) is 18.8 Å². The first-order valence-electron chi connectivity index (χ1n) is 8.69. The largest absolute Gasteiger partial charge is 0.471 e. The predicted octanol–water partition coefficient (Wildman–Crippen LogP) is 3.14. The van der Waals surface area contributed by atoms with E-state index in [2.05, 4.69) is 35.0 Å². The molecule has 7 heteroatoms. The second-order valence-electron chi connectivity index (χ2n) is 7.30. The molecule has 0 radical (unpaired) electrons. The van der Waals surface area contributed by atoms with Gasteiger partial charge in [-0.1, -0.05) is 0 Å². The minimum Gasteiger partial charge on any atom is -0.471 e. The maximum Gasteiger partial charge on any atom is 0.250 e. The Morgan fingerprint density at radius 2 is 2.28 bits per heavy atom. The van der Waals surface area contributed by atoms with E-state index in [1.54, 1.807) is 12.3 Å². The Bertz CT molecular complexity index is 744. The van der Waals surface area contributed by atoms with E-state index in [4.69, 9.17) is 4.74 Å². The van der Waals surface area contributed by atoms with Gasteiger partial charge in [0.05, 0.1) is 6.20 Å². The first-order valence-corrected chi connectivity index (χ1v) is 9.68. The fraction of sp³-hybridized carbons (Fsp3) is 0.556. The lowest BCUT2D eigenvalue weighted by Gasteiger charge is -2.47. The Hall–Kier alpha value is -1.60. The van der Waals surface area contributed by atoms with Crippen LogP contribution in [0.3, 0.4) is 0 Å². The average Bonchev–Trinajstić information content (AvgIpc) is 3.17. The summed E-state index contributed by atoms with van der Waals surface area (Å²) in [5.41, 5.74) is 1.26. The zero-order valence-corrected chi connectivity index (χ0v) is 15.4. The van der Waals surface area contributed by atoms with Gasteiger partial charge in [-0.05, 0) is 26.0 Å². The molecule has 25 heavy (non-hydrogen) atoms. The first-order chi connectivity index (χ1) is 12.0. The Kier molecular flexibility index (Phi) is 4.45. The van der Waals surface area contributed by atoms with Gasteiger partial charge < -0.3 is 4.74 Å². The second-order valence-corrected chi connectivity index (χ2v) is 8.78. The fourth-order valence-electron chi connectivity index (χ4n) is 3.59. The van der Waals surface area contributed by atoms with Crippen molar-refractivity contribution in [2.45, 2.75) is 43.7 Å². The highest BCUT2D eigenvalue weighted by atomic mass is 32.2. The highest BCUT2D eigenvalue weighted by Crippen LogP contribution is 2.46. The molecule has 0 amide bonds. The molecule has 5 nitrogen and oxygen atoms in total. The van der Waals surface area contributed by atoms with Gasteiger partial charge in [-0.3, -0.25) is 9.58 Å². The second kappa shape index (κ2) is 6.61. The summed E-state index contributed by atoms with van der Waals surface area (Å²) in [5.74, 6) is 0.642. The van der Waals surface area contributed by atoms with Crippen molar-refractivity contribution in [3.05, 3.63) is 42.1 Å². The lowest BCUT2D eigenvalue weighted by molar-refractivity contribution is 0.0895. The quantitative estimate of drug-likeness (QED) is 0.818. The van der Waals surface area contributed by atoms with Gasteiger partial charge in [0.1, 0.15) is 6.10 Å². The van der Waals surface area contributed by atoms with Crippen LogP contribution in [0.25, 0.3) is 0 Å². The molecule has 2 aromatic heterocycles. The molecule has 2 saturated heterocycles. The highest BCUT2D eigenvalue weighted by Gasteiger charge is 2.49. The lowest BCUT2D eigenvalue weighted by atomic mass is 9.92. The van der Waals surface area contributed by atoms with Crippen molar-refractivity contribution < 1.29 is 9.13 Å². The van der Waals surface area contributed by atoms with Crippen LogP contribution in [0.4, 0.5) is 4.39 Å². The molecule has 1 atom stereocenters. The Labute approximate surface area is 151 Å². The number of aromatic nitrogens is 3. The number of likely N-dealkylation sites (tertiary alicyclic amines) is 1. The van der Waals surface area contributed by atoms with Gasteiger partial charge in [0.25, 0.3) is 5.88 Å². The summed E-state index contributed by atoms with van der Waals surface area (Å²) in [6, 6.07) is 3.37. The molecule has 0 N–H and O–H groups in total. The van der Waals surface area contributed by atoms with Gasteiger partial charge >= 0.3 is 0 Å². The van der Waals surface area contributed by atoms with Crippen molar-refractivity contribution in [1.29, 1.82) is 0 Å². The van der Waals surface area contributed by atoms with Crippen LogP contribution in [-0.2, 0) is 6.54 Å². The van der Waals surface area contributed by atoms with Crippen LogP contribution in [-0.4, -0.2) is 49.4 Å². The molecular weight excluding hydrogens is 339 g/mol. The number of hydrogen-bond donors (Lipinski definition) is 0. The van der Waals surface area contributed by atoms with Crippen molar-refractivity contribution in [3.63, 3.8) is 0 Å². The number of pyridine rings is 1. The number of hydrogen-bond acceptors (Lipinski definition) is 5. The van der Waals surface area contributed by atoms with Gasteiger partial charge in [0.2, 0.25) is 0 Å². The molecule has 2 aromatic rings. The molecule has 0 unspecified atom stereocenters. The van der Waals surface area contributed by atoms with E-state index in [0.717, 1.165) is 31.8 Å². The number of rotatable bonds is 5. The summed E-state index contributed by atoms with van der Waals surface area (Å²) in [4.78, 5) is 6.44. The zero-order chi connectivity index (χ0) is 17.4. The molecule has 1 spiro atoms. The molecule has 2 aliphatic rings. The van der Waals surface area contributed by atoms with Crippen molar-refractivity contribution in [2.24, 2.45) is 0 Å². The van der Waals surface area contributed by atoms with Crippen molar-refractivity contribution in [1.82, 2.24) is 19.7 Å². The summed E-state index contributed by atoms with van der Waals surface area (Å²) in [6.45, 7) is 7.31. The normalized spacial score (nSPS) is 22.5. The summed E-state index contributed by atoms with van der Waals surface area (Å²) in [5, 5.41) is 4.41. The monoisotopic (exact) mass is 362 g/mol. The summed E-state index contributed by atoms with van der Waals surface area (Å²) < 4.78 is 21.7. The van der Waals surface area contributed by atoms with Crippen LogP contribution in [0, 0.1) is 5.82 Å². The summed E-state index contributed by atoms with van der Waals surface area (Å²) >= 11 is 1.95. The van der Waals surface area contributed by atoms with E-state index in [1.807, 2.05) is 22.6 Å². The molecule has 0 saturated carbocycles. The van der Waals surface area contributed by atoms with Crippen LogP contribution in [0.1, 0.15) is 31.9 Å². The molecule has 4 rings (SSSR count). The molecule has 0 bridgehead atoms. The van der Waals surface area contributed by atoms with Gasteiger partial charge in [0.15, 0.2) is 5.82 Å². The zero-order valence-electron chi connectivity index (χ0n) is 14.6. The van der Waals surface area contributed by atoms with Crippen LogP contribution in [0.2, 0.25) is 0 Å². The van der Waals surface area contributed by atoms with E-state index in [9.17, 15) is 4.39 Å². The van der Waals surface area contributed by atoms with Crippen LogP contribution < -0.4 is 4.74 Å². The third-order valence-corrected chi connectivity index (χ3v) is 6.37. The predicted molar refractivity (Wildman–Crippen MR) is 96.3 cm³/mol. The van der Waals surface area contributed by atoms with Gasteiger partial charge in [0, 0.05) is 60.6 Å². The number of ether oxygens (including phenoxy) is 1. The fourth-order valence-corrected chi connectivity index (χ4v) is 5.17. The van der Waals surface area contributed by atoms with E-state index >= 15 is 0 Å². The topological polar surface area (TPSA) is 43.2 Å². The third kappa shape index (κ3) is 3.53. The molecule has 4 heterocycles. The molecule has 134 valence electrons. The first kappa shape index (κ1) is 16.8. The summed E-state index contributed by atoms with van der Waals surface area (Å²) in [6.07, 6.45) is 6.66. The van der Waals surface area contributed by atoms with Crippen LogP contribution in [0.15, 0.2) is 30.7 Å². The minimum atomic E-state index is -0.383. The number of nitrogens with zero attached hydrogens (tertiary/aromatic N) is 4. The Morgan fingerprint density at radius 1 is 1.44 bits per heavy atom. The van der Waals surface area contributed by atoms with E-state index in [1.165, 1.54) is 11.6 Å². The Balaban J connectivity index is 1.29. The average molecular weight is 362 g/mol. The minimum absolute atomic E-state index is 0.0419. The van der Waals surface area contributed by atoms with E-state index < -0.39 is 0 Å². The number of halogens is 1. The van der Waals surface area contributed by atoms with Crippen LogP contribution >= 0.6 is 11.8 Å². The smallest absolute Gasteiger partial charge is 0.250 e. The SMILES string of the molecule is CC(C)n1cc(CN2CC3(C[C@H](Oc4ncccc4F)CS3)C2)cn1. The van der Waals surface area contributed by atoms with E-state index in [-0.39, 0.29) is 22.5 Å². The van der Waals surface area contributed by atoms with Crippen molar-refractivity contribution in [3.8, 4) is 5.88 Å². The maximum absolute atomic E-state index is 13.7. The van der Waals surface area contributed by atoms with E-state index in [0.29, 0.717) is 6.04 Å². The molecule has 2 fully saturated rings. The number of thioether (sulfide) groups is 1. The van der Waals surface area contributed by atoms with Gasteiger partial charge in [-0.2, -0.15) is 5.10 Å². The molecule has 0 aromatic carbocycles. The third-order valence-electron chi connectivity index (χ3n) is 4.79. The van der Waals surface area contributed by atoms with Gasteiger partial charge in [-0.25, -0.2) is 9.37 Å². The van der Waals surface area contributed by atoms with Crippen molar-refractivity contribution >= 4 is 11.8 Å². The highest BCUT2D eigenvalue weighted by molar-refractivity contribution is 8.01. The van der Waals surface area contributed by atoms with Crippen LogP contribution in [0.5, 0.6) is 5.88 Å². The molecule has 2 aliphatic heterocycles. The standard InChI is InChI=1S/C18H23FN4OS/c1-13(2)23-9-14(7-21-23)8-22-11-18(12-22)6-15(10-25-18)24-17-16(19)4-3-5-20-17/h3-5,7,9,13,15H,6,8,10-12H2,1-2H3/t15-/m0/s1. The molecular formula is C18H23FN4OS. The lowest BCUT2D eigenvalue weighted by Crippen LogP contribution is -2.58.